The smallest absolute Gasteiger partial charge is 0.273 e. The second kappa shape index (κ2) is 11.3. The third-order valence-corrected chi connectivity index (χ3v) is 8.97. The molecule has 5 aromatic rings. The third-order valence-electron chi connectivity index (χ3n) is 5.97. The number of pyridine rings is 1. The van der Waals surface area contributed by atoms with Crippen molar-refractivity contribution in [3.63, 3.8) is 0 Å². The summed E-state index contributed by atoms with van der Waals surface area (Å²) >= 11 is 7.19. The summed E-state index contributed by atoms with van der Waals surface area (Å²) < 4.78 is 27.0. The molecule has 0 saturated carbocycles. The summed E-state index contributed by atoms with van der Waals surface area (Å²) in [6.45, 7) is 0. The lowest BCUT2D eigenvalue weighted by Gasteiger charge is -2.11. The van der Waals surface area contributed by atoms with Crippen LogP contribution in [-0.4, -0.2) is 19.3 Å². The normalized spacial score (nSPS) is 11.7. The molecule has 0 bridgehead atoms. The summed E-state index contributed by atoms with van der Waals surface area (Å²) in [5.41, 5.74) is 5.64. The van der Waals surface area contributed by atoms with Crippen molar-refractivity contribution in [1.29, 1.82) is 0 Å². The van der Waals surface area contributed by atoms with Crippen LogP contribution < -0.4 is 4.72 Å². The number of nitrogens with one attached hydrogen (secondary N) is 1. The van der Waals surface area contributed by atoms with Crippen molar-refractivity contribution in [2.45, 2.75) is 17.1 Å². The number of carbonyl (C=O) groups excluding carboxylic acids is 1. The standard InChI is InChI=1S/C30H23ClN2O3S2/c31-25-14-11-23-12-16-26(32-28(23)20-25)15-10-21-5-3-7-24(19-21)27-8-2-1-6-22(27)13-17-29(34)33-38(35,36)30-9-4-18-37-30/h1-12,14-16,18-20H,13,17H2,(H,33,34). The molecule has 38 heavy (non-hydrogen) atoms. The maximum Gasteiger partial charge on any atom is 0.273 e. The Morgan fingerprint density at radius 2 is 1.76 bits per heavy atom. The van der Waals surface area contributed by atoms with E-state index in [4.69, 9.17) is 11.6 Å². The zero-order valence-corrected chi connectivity index (χ0v) is 22.6. The molecule has 0 radical (unpaired) electrons. The van der Waals surface area contributed by atoms with Crippen molar-refractivity contribution in [2.75, 3.05) is 0 Å². The van der Waals surface area contributed by atoms with Crippen molar-refractivity contribution < 1.29 is 13.2 Å². The van der Waals surface area contributed by atoms with Crippen molar-refractivity contribution in [3.05, 3.63) is 118 Å². The first kappa shape index (κ1) is 25.9. The molecule has 0 aliphatic heterocycles. The fraction of sp³-hybridized carbons (Fsp3) is 0.0667. The number of fused-ring (bicyclic) bond motifs is 1. The van der Waals surface area contributed by atoms with Gasteiger partial charge in [-0.25, -0.2) is 18.1 Å². The highest BCUT2D eigenvalue weighted by atomic mass is 35.5. The van der Waals surface area contributed by atoms with E-state index in [9.17, 15) is 13.2 Å². The molecule has 0 unspecified atom stereocenters. The van der Waals surface area contributed by atoms with Gasteiger partial charge in [-0.1, -0.05) is 78.3 Å². The third kappa shape index (κ3) is 6.19. The van der Waals surface area contributed by atoms with Crippen LogP contribution in [0.2, 0.25) is 5.02 Å². The zero-order valence-electron chi connectivity index (χ0n) is 20.2. The van der Waals surface area contributed by atoms with E-state index in [1.807, 2.05) is 84.9 Å². The number of nitrogens with zero attached hydrogens (tertiary/aromatic N) is 1. The summed E-state index contributed by atoms with van der Waals surface area (Å²) in [6, 6.07) is 28.7. The molecular weight excluding hydrogens is 536 g/mol. The lowest BCUT2D eigenvalue weighted by molar-refractivity contribution is -0.119. The van der Waals surface area contributed by atoms with Crippen LogP contribution in [0.3, 0.4) is 0 Å². The Morgan fingerprint density at radius 1 is 0.921 bits per heavy atom. The average molecular weight is 559 g/mol. The minimum absolute atomic E-state index is 0.0544. The molecule has 2 aromatic heterocycles. The van der Waals surface area contributed by atoms with Gasteiger partial charge in [0, 0.05) is 16.8 Å². The predicted octanol–water partition coefficient (Wildman–Crippen LogP) is 7.22. The monoisotopic (exact) mass is 558 g/mol. The molecule has 190 valence electrons. The lowest BCUT2D eigenvalue weighted by atomic mass is 9.95. The van der Waals surface area contributed by atoms with Gasteiger partial charge in [0.2, 0.25) is 5.91 Å². The number of thiophene rings is 1. The van der Waals surface area contributed by atoms with Crippen molar-refractivity contribution >= 4 is 61.9 Å². The Hall–Kier alpha value is -3.78. The van der Waals surface area contributed by atoms with Crippen LogP contribution in [0.5, 0.6) is 0 Å². The molecular formula is C30H23ClN2O3S2. The first-order valence-electron chi connectivity index (χ1n) is 11.9. The topological polar surface area (TPSA) is 76.1 Å². The van der Waals surface area contributed by atoms with Crippen molar-refractivity contribution in [1.82, 2.24) is 9.71 Å². The molecule has 5 rings (SSSR count). The Labute approximate surface area is 230 Å². The fourth-order valence-electron chi connectivity index (χ4n) is 4.13. The minimum atomic E-state index is -3.83. The Balaban J connectivity index is 1.31. The van der Waals surface area contributed by atoms with E-state index in [0.717, 1.165) is 50.2 Å². The van der Waals surface area contributed by atoms with Crippen LogP contribution in [-0.2, 0) is 21.2 Å². The van der Waals surface area contributed by atoms with Gasteiger partial charge in [0.05, 0.1) is 11.2 Å². The number of hydrogen-bond acceptors (Lipinski definition) is 5. The number of aryl methyl sites for hydroxylation is 1. The first-order chi connectivity index (χ1) is 18.4. The van der Waals surface area contributed by atoms with E-state index >= 15 is 0 Å². The molecule has 0 spiro atoms. The second-order valence-electron chi connectivity index (χ2n) is 8.65. The Kier molecular flexibility index (Phi) is 7.69. The van der Waals surface area contributed by atoms with E-state index in [2.05, 4.69) is 15.8 Å². The molecule has 1 amide bonds. The van der Waals surface area contributed by atoms with Gasteiger partial charge in [-0.3, -0.25) is 4.79 Å². The number of halogens is 1. The first-order valence-corrected chi connectivity index (χ1v) is 14.6. The number of aromatic nitrogens is 1. The quantitative estimate of drug-likeness (QED) is 0.218. The summed E-state index contributed by atoms with van der Waals surface area (Å²) in [7, 11) is -3.83. The molecule has 1 N–H and O–H groups in total. The number of carbonyl (C=O) groups is 1. The number of benzene rings is 3. The SMILES string of the molecule is O=C(CCc1ccccc1-c1cccc(C=Cc2ccc3ccc(Cl)cc3n2)c1)NS(=O)(=O)c1cccs1. The Morgan fingerprint density at radius 3 is 2.61 bits per heavy atom. The van der Waals surface area contributed by atoms with Crippen LogP contribution in [0.4, 0.5) is 0 Å². The number of sulfonamides is 1. The van der Waals surface area contributed by atoms with Crippen molar-refractivity contribution in [2.24, 2.45) is 0 Å². The van der Waals surface area contributed by atoms with Crippen LogP contribution in [0.15, 0.2) is 101 Å². The van der Waals surface area contributed by atoms with Crippen LogP contribution in [0, 0.1) is 0 Å². The number of rotatable bonds is 8. The summed E-state index contributed by atoms with van der Waals surface area (Å²) in [4.78, 5) is 17.1. The number of hydrogen-bond donors (Lipinski definition) is 1. The lowest BCUT2D eigenvalue weighted by Crippen LogP contribution is -2.30. The molecule has 0 saturated heterocycles. The van der Waals surface area contributed by atoms with Gasteiger partial charge in [-0.15, -0.1) is 11.3 Å². The largest absolute Gasteiger partial charge is 0.274 e. The fourth-order valence-corrected chi connectivity index (χ4v) is 6.30. The van der Waals surface area contributed by atoms with Crippen LogP contribution >= 0.6 is 22.9 Å². The van der Waals surface area contributed by atoms with Crippen LogP contribution in [0.25, 0.3) is 34.2 Å². The molecule has 3 aromatic carbocycles. The average Bonchev–Trinajstić information content (AvgIpc) is 3.47. The van der Waals surface area contributed by atoms with Gasteiger partial charge in [-0.05, 0) is 70.5 Å². The molecule has 0 fully saturated rings. The molecule has 0 aliphatic rings. The van der Waals surface area contributed by atoms with E-state index in [0.29, 0.717) is 11.4 Å². The molecule has 5 nitrogen and oxygen atoms in total. The predicted molar refractivity (Wildman–Crippen MR) is 156 cm³/mol. The highest BCUT2D eigenvalue weighted by Gasteiger charge is 2.18. The maximum atomic E-state index is 12.4. The van der Waals surface area contributed by atoms with Gasteiger partial charge in [0.1, 0.15) is 4.21 Å². The minimum Gasteiger partial charge on any atom is -0.274 e. The van der Waals surface area contributed by atoms with E-state index in [-0.39, 0.29) is 10.6 Å². The second-order valence-corrected chi connectivity index (χ2v) is 11.9. The van der Waals surface area contributed by atoms with Crippen LogP contribution in [0.1, 0.15) is 23.2 Å². The zero-order chi connectivity index (χ0) is 26.5. The molecule has 0 atom stereocenters. The van der Waals surface area contributed by atoms with Gasteiger partial charge >= 0.3 is 0 Å². The summed E-state index contributed by atoms with van der Waals surface area (Å²) in [5.74, 6) is -0.533. The molecule has 0 aliphatic carbocycles. The number of amides is 1. The van der Waals surface area contributed by atoms with E-state index in [1.165, 1.54) is 6.07 Å². The van der Waals surface area contributed by atoms with E-state index in [1.54, 1.807) is 11.4 Å². The highest BCUT2D eigenvalue weighted by Crippen LogP contribution is 2.27. The molecule has 8 heteroatoms. The van der Waals surface area contributed by atoms with Gasteiger partial charge in [0.25, 0.3) is 10.0 Å². The van der Waals surface area contributed by atoms with E-state index < -0.39 is 15.9 Å². The molecule has 2 heterocycles. The summed E-state index contributed by atoms with van der Waals surface area (Å²) in [6.07, 6.45) is 4.43. The summed E-state index contributed by atoms with van der Waals surface area (Å²) in [5, 5.41) is 3.34. The maximum absolute atomic E-state index is 12.4. The van der Waals surface area contributed by atoms with Gasteiger partial charge < -0.3 is 0 Å². The van der Waals surface area contributed by atoms with Crippen molar-refractivity contribution in [3.8, 4) is 11.1 Å². The van der Waals surface area contributed by atoms with Gasteiger partial charge in [-0.2, -0.15) is 0 Å². The van der Waals surface area contributed by atoms with Gasteiger partial charge in [0.15, 0.2) is 0 Å². The Bertz CT molecular complexity index is 1750. The highest BCUT2D eigenvalue weighted by molar-refractivity contribution is 7.92.